The number of hydrogen-bond acceptors (Lipinski definition) is 5. The van der Waals surface area contributed by atoms with Crippen LogP contribution in [0.15, 0.2) is 53.2 Å². The summed E-state index contributed by atoms with van der Waals surface area (Å²) in [5, 5.41) is 4.07. The van der Waals surface area contributed by atoms with E-state index in [4.69, 9.17) is 13.9 Å². The van der Waals surface area contributed by atoms with Crippen molar-refractivity contribution in [1.82, 2.24) is 10.2 Å². The number of carbonyl (C=O) groups is 1. The molecule has 0 aliphatic rings. The molecule has 0 aliphatic heterocycles. The molecule has 0 spiro atoms. The van der Waals surface area contributed by atoms with Crippen molar-refractivity contribution in [3.63, 3.8) is 0 Å². The van der Waals surface area contributed by atoms with Crippen LogP contribution in [-0.4, -0.2) is 50.2 Å². The number of methoxy groups -OCH3 is 1. The van der Waals surface area contributed by atoms with Crippen LogP contribution in [0.3, 0.4) is 0 Å². The monoisotopic (exact) mass is 492 g/mol. The number of furan rings is 1. The molecule has 3 rings (SSSR count). The Kier molecular flexibility index (Phi) is 10.00. The van der Waals surface area contributed by atoms with E-state index in [-0.39, 0.29) is 11.9 Å². The largest absolute Gasteiger partial charge is 0.496 e. The Morgan fingerprint density at radius 2 is 1.86 bits per heavy atom. The lowest BCUT2D eigenvalue weighted by molar-refractivity contribution is -0.117. The normalized spacial score (nSPS) is 12.7. The molecule has 0 saturated heterocycles. The number of fused-ring (bicyclic) bond motifs is 1. The average molecular weight is 493 g/mol. The van der Waals surface area contributed by atoms with Crippen molar-refractivity contribution in [2.75, 3.05) is 33.4 Å². The predicted octanol–water partition coefficient (Wildman–Crippen LogP) is 6.54. The molecule has 0 bridgehead atoms. The molecule has 1 atom stereocenters. The van der Waals surface area contributed by atoms with Gasteiger partial charge in [-0.05, 0) is 82.6 Å². The van der Waals surface area contributed by atoms with Crippen LogP contribution in [0.2, 0.25) is 0 Å². The van der Waals surface area contributed by atoms with E-state index in [1.165, 1.54) is 0 Å². The minimum atomic E-state index is -0.0936. The summed E-state index contributed by atoms with van der Waals surface area (Å²) in [6.07, 6.45) is 5.42. The third kappa shape index (κ3) is 6.91. The van der Waals surface area contributed by atoms with E-state index in [0.717, 1.165) is 71.5 Å². The number of hydrogen-bond donors (Lipinski definition) is 1. The second-order valence-corrected chi connectivity index (χ2v) is 9.06. The molecule has 3 aromatic rings. The smallest absolute Gasteiger partial charge is 0.244 e. The topological polar surface area (TPSA) is 63.9 Å². The van der Waals surface area contributed by atoms with Crippen LogP contribution in [0.4, 0.5) is 0 Å². The fraction of sp³-hybridized carbons (Fsp3) is 0.433. The summed E-state index contributed by atoms with van der Waals surface area (Å²) in [4.78, 5) is 15.2. The third-order valence-electron chi connectivity index (χ3n) is 6.54. The number of amides is 1. The molecule has 0 aliphatic carbocycles. The van der Waals surface area contributed by atoms with Crippen molar-refractivity contribution in [3.8, 4) is 22.6 Å². The van der Waals surface area contributed by atoms with Crippen LogP contribution in [0, 0.1) is 0 Å². The Bertz CT molecular complexity index is 1160. The standard InChI is InChI=1S/C30H40N2O4/c1-7-32(8-2)16-10-11-22(5)31-30(33)17-21(4)25-18-26-27(20-36-29(26)19-28(25)34-6)23-12-14-24(15-13-23)35-9-3/h12-15,17-20,22H,7-11,16H2,1-6H3,(H,31,33)/b21-17+. The summed E-state index contributed by atoms with van der Waals surface area (Å²) < 4.78 is 17.1. The zero-order valence-electron chi connectivity index (χ0n) is 22.5. The number of rotatable bonds is 13. The Labute approximate surface area is 215 Å². The minimum absolute atomic E-state index is 0.0936. The van der Waals surface area contributed by atoms with Gasteiger partial charge in [-0.3, -0.25) is 4.79 Å². The Morgan fingerprint density at radius 3 is 2.50 bits per heavy atom. The molecule has 6 heteroatoms. The molecule has 1 amide bonds. The molecule has 0 saturated carbocycles. The molecule has 2 aromatic carbocycles. The SMILES string of the molecule is CCOc1ccc(-c2coc3cc(OC)c(/C(C)=C/C(=O)NC(C)CCCN(CC)CC)cc23)cc1. The van der Waals surface area contributed by atoms with E-state index in [1.807, 2.05) is 50.2 Å². The van der Waals surface area contributed by atoms with Gasteiger partial charge in [-0.15, -0.1) is 0 Å². The number of ether oxygens (including phenoxy) is 2. The minimum Gasteiger partial charge on any atom is -0.496 e. The van der Waals surface area contributed by atoms with Crippen molar-refractivity contribution in [3.05, 3.63) is 54.3 Å². The average Bonchev–Trinajstić information content (AvgIpc) is 3.29. The van der Waals surface area contributed by atoms with Gasteiger partial charge >= 0.3 is 0 Å². The van der Waals surface area contributed by atoms with Gasteiger partial charge in [-0.1, -0.05) is 26.0 Å². The lowest BCUT2D eigenvalue weighted by Gasteiger charge is -2.19. The van der Waals surface area contributed by atoms with Gasteiger partial charge in [0.25, 0.3) is 0 Å². The zero-order valence-corrected chi connectivity index (χ0v) is 22.5. The van der Waals surface area contributed by atoms with Crippen LogP contribution in [0.5, 0.6) is 11.5 Å². The first-order valence-electron chi connectivity index (χ1n) is 12.9. The van der Waals surface area contributed by atoms with Crippen LogP contribution in [0.25, 0.3) is 27.7 Å². The van der Waals surface area contributed by atoms with Crippen molar-refractivity contribution in [2.24, 2.45) is 0 Å². The molecular weight excluding hydrogens is 452 g/mol. The van der Waals surface area contributed by atoms with Gasteiger partial charge in [0.05, 0.1) is 20.0 Å². The van der Waals surface area contributed by atoms with Gasteiger partial charge in [-0.25, -0.2) is 0 Å². The predicted molar refractivity (Wildman–Crippen MR) is 148 cm³/mol. The Morgan fingerprint density at radius 1 is 1.14 bits per heavy atom. The van der Waals surface area contributed by atoms with Gasteiger partial charge in [-0.2, -0.15) is 0 Å². The third-order valence-corrected chi connectivity index (χ3v) is 6.54. The fourth-order valence-electron chi connectivity index (χ4n) is 4.45. The van der Waals surface area contributed by atoms with E-state index in [0.29, 0.717) is 12.4 Å². The van der Waals surface area contributed by atoms with E-state index in [1.54, 1.807) is 19.4 Å². The number of benzene rings is 2. The second kappa shape index (κ2) is 13.2. The molecule has 1 heterocycles. The number of nitrogens with zero attached hydrogens (tertiary/aromatic N) is 1. The quantitative estimate of drug-likeness (QED) is 0.275. The van der Waals surface area contributed by atoms with Crippen LogP contribution in [-0.2, 0) is 4.79 Å². The molecule has 1 N–H and O–H groups in total. The number of nitrogens with one attached hydrogen (secondary N) is 1. The summed E-state index contributed by atoms with van der Waals surface area (Å²) in [6.45, 7) is 14.1. The van der Waals surface area contributed by atoms with Crippen molar-refractivity contribution in [1.29, 1.82) is 0 Å². The highest BCUT2D eigenvalue weighted by Gasteiger charge is 2.15. The number of carbonyl (C=O) groups excluding carboxylic acids is 1. The number of allylic oxidation sites excluding steroid dienone is 1. The van der Waals surface area contributed by atoms with Crippen LogP contribution < -0.4 is 14.8 Å². The molecule has 36 heavy (non-hydrogen) atoms. The zero-order chi connectivity index (χ0) is 26.1. The molecule has 1 aromatic heterocycles. The molecule has 6 nitrogen and oxygen atoms in total. The first-order valence-corrected chi connectivity index (χ1v) is 12.9. The van der Waals surface area contributed by atoms with Crippen LogP contribution >= 0.6 is 0 Å². The van der Waals surface area contributed by atoms with Gasteiger partial charge < -0.3 is 24.1 Å². The Balaban J connectivity index is 1.78. The lowest BCUT2D eigenvalue weighted by atomic mass is 9.99. The van der Waals surface area contributed by atoms with Crippen LogP contribution in [0.1, 0.15) is 53.0 Å². The van der Waals surface area contributed by atoms with Crippen molar-refractivity contribution < 1.29 is 18.7 Å². The van der Waals surface area contributed by atoms with Gasteiger partial charge in [0, 0.05) is 34.7 Å². The highest BCUT2D eigenvalue weighted by molar-refractivity contribution is 6.00. The molecule has 1 unspecified atom stereocenters. The van der Waals surface area contributed by atoms with E-state index >= 15 is 0 Å². The lowest BCUT2D eigenvalue weighted by Crippen LogP contribution is -2.32. The van der Waals surface area contributed by atoms with E-state index in [9.17, 15) is 4.79 Å². The van der Waals surface area contributed by atoms with E-state index < -0.39 is 0 Å². The van der Waals surface area contributed by atoms with Crippen molar-refractivity contribution >= 4 is 22.4 Å². The molecule has 0 fully saturated rings. The van der Waals surface area contributed by atoms with Gasteiger partial charge in [0.2, 0.25) is 5.91 Å². The summed E-state index contributed by atoms with van der Waals surface area (Å²) in [6, 6.07) is 12.0. The second-order valence-electron chi connectivity index (χ2n) is 9.06. The highest BCUT2D eigenvalue weighted by atomic mass is 16.5. The highest BCUT2D eigenvalue weighted by Crippen LogP contribution is 2.37. The van der Waals surface area contributed by atoms with Gasteiger partial charge in [0.15, 0.2) is 0 Å². The van der Waals surface area contributed by atoms with E-state index in [2.05, 4.69) is 31.0 Å². The first-order chi connectivity index (χ1) is 17.4. The first kappa shape index (κ1) is 27.3. The van der Waals surface area contributed by atoms with Crippen molar-refractivity contribution in [2.45, 2.75) is 53.5 Å². The molecule has 0 radical (unpaired) electrons. The maximum absolute atomic E-state index is 12.8. The maximum atomic E-state index is 12.8. The molecule has 194 valence electrons. The summed E-state index contributed by atoms with van der Waals surface area (Å²) in [5.41, 5.74) is 4.45. The summed E-state index contributed by atoms with van der Waals surface area (Å²) >= 11 is 0. The fourth-order valence-corrected chi connectivity index (χ4v) is 4.45. The maximum Gasteiger partial charge on any atom is 0.244 e. The molecular formula is C30H40N2O4. The summed E-state index contributed by atoms with van der Waals surface area (Å²) in [7, 11) is 1.63. The Hall–Kier alpha value is -3.25. The summed E-state index contributed by atoms with van der Waals surface area (Å²) in [5.74, 6) is 1.41. The van der Waals surface area contributed by atoms with Gasteiger partial charge in [0.1, 0.15) is 17.1 Å².